The van der Waals surface area contributed by atoms with E-state index < -0.39 is 0 Å². The maximum atomic E-state index is 13.3. The lowest BCUT2D eigenvalue weighted by Gasteiger charge is -2.18. The van der Waals surface area contributed by atoms with E-state index in [2.05, 4.69) is 41.2 Å². The predicted molar refractivity (Wildman–Crippen MR) is 83.3 cm³/mol. The first-order chi connectivity index (χ1) is 9.10. The molecule has 0 bridgehead atoms. The third-order valence-corrected chi connectivity index (χ3v) is 4.65. The van der Waals surface area contributed by atoms with Gasteiger partial charge in [0.15, 0.2) is 0 Å². The zero-order valence-electron chi connectivity index (χ0n) is 11.0. The molecule has 1 heterocycles. The summed E-state index contributed by atoms with van der Waals surface area (Å²) in [6.07, 6.45) is 0.801. The van der Waals surface area contributed by atoms with Crippen molar-refractivity contribution in [3.8, 4) is 0 Å². The van der Waals surface area contributed by atoms with Crippen LogP contribution in [0.2, 0.25) is 0 Å². The molecule has 102 valence electrons. The molecule has 0 aliphatic rings. The Morgan fingerprint density at radius 2 is 2.16 bits per heavy atom. The van der Waals surface area contributed by atoms with Gasteiger partial charge in [0.1, 0.15) is 5.82 Å². The summed E-state index contributed by atoms with van der Waals surface area (Å²) in [5.74, 6) is -0.170. The van der Waals surface area contributed by atoms with Crippen molar-refractivity contribution in [1.29, 1.82) is 0 Å². The third-order valence-electron chi connectivity index (χ3n) is 3.08. The van der Waals surface area contributed by atoms with Crippen molar-refractivity contribution in [3.63, 3.8) is 0 Å². The Labute approximate surface area is 126 Å². The van der Waals surface area contributed by atoms with E-state index in [0.717, 1.165) is 22.3 Å². The Morgan fingerprint density at radius 1 is 1.37 bits per heavy atom. The number of thiophene rings is 1. The van der Waals surface area contributed by atoms with Crippen LogP contribution in [-0.4, -0.2) is 6.54 Å². The molecule has 4 heteroatoms. The van der Waals surface area contributed by atoms with Crippen LogP contribution in [0.15, 0.2) is 34.1 Å². The summed E-state index contributed by atoms with van der Waals surface area (Å²) in [4.78, 5) is 1.30. The zero-order chi connectivity index (χ0) is 13.8. The fraction of sp³-hybridized carbons (Fsp3) is 0.333. The molecule has 1 aromatic heterocycles. The van der Waals surface area contributed by atoms with E-state index >= 15 is 0 Å². The van der Waals surface area contributed by atoms with Gasteiger partial charge in [0.2, 0.25) is 0 Å². The van der Waals surface area contributed by atoms with Crippen LogP contribution >= 0.6 is 27.3 Å². The van der Waals surface area contributed by atoms with Gasteiger partial charge in [0.25, 0.3) is 0 Å². The standard InChI is InChI=1S/C15H17BrFNS/c1-3-18-14(13-9-15(16)19-10(13)2)8-11-5-4-6-12(17)7-11/h4-7,9,14,18H,3,8H2,1-2H3. The van der Waals surface area contributed by atoms with Gasteiger partial charge in [-0.3, -0.25) is 0 Å². The molecule has 0 aliphatic heterocycles. The number of halogens is 2. The normalized spacial score (nSPS) is 12.6. The van der Waals surface area contributed by atoms with Crippen molar-refractivity contribution < 1.29 is 4.39 Å². The fourth-order valence-electron chi connectivity index (χ4n) is 2.24. The minimum atomic E-state index is -0.170. The van der Waals surface area contributed by atoms with Gasteiger partial charge in [-0.1, -0.05) is 19.1 Å². The number of aryl methyl sites for hydroxylation is 1. The summed E-state index contributed by atoms with van der Waals surface area (Å²) in [5.41, 5.74) is 2.32. The second-order valence-corrected chi connectivity index (χ2v) is 7.14. The van der Waals surface area contributed by atoms with E-state index in [4.69, 9.17) is 0 Å². The lowest BCUT2D eigenvalue weighted by molar-refractivity contribution is 0.546. The second-order valence-electron chi connectivity index (χ2n) is 4.51. The fourth-order valence-corrected chi connectivity index (χ4v) is 4.02. The Bertz CT molecular complexity index is 553. The molecule has 19 heavy (non-hydrogen) atoms. The highest BCUT2D eigenvalue weighted by Gasteiger charge is 2.16. The molecule has 1 aromatic carbocycles. The van der Waals surface area contributed by atoms with Gasteiger partial charge in [-0.2, -0.15) is 0 Å². The Balaban J connectivity index is 2.23. The second kappa shape index (κ2) is 6.64. The molecule has 1 N–H and O–H groups in total. The molecular formula is C15H17BrFNS. The first-order valence-corrected chi connectivity index (χ1v) is 7.94. The molecule has 0 saturated heterocycles. The number of likely N-dealkylation sites (N-methyl/N-ethyl adjacent to an activating group) is 1. The van der Waals surface area contributed by atoms with Crippen molar-refractivity contribution in [1.82, 2.24) is 5.32 Å². The van der Waals surface area contributed by atoms with Gasteiger partial charge in [0.05, 0.1) is 3.79 Å². The van der Waals surface area contributed by atoms with Gasteiger partial charge < -0.3 is 5.32 Å². The molecule has 1 atom stereocenters. The Hall–Kier alpha value is -0.710. The molecule has 0 fully saturated rings. The highest BCUT2D eigenvalue weighted by atomic mass is 79.9. The summed E-state index contributed by atoms with van der Waals surface area (Å²) in [7, 11) is 0. The largest absolute Gasteiger partial charge is 0.310 e. The van der Waals surface area contributed by atoms with Crippen LogP contribution in [-0.2, 0) is 6.42 Å². The number of benzene rings is 1. The molecule has 0 saturated carbocycles. The molecule has 2 aromatic rings. The maximum Gasteiger partial charge on any atom is 0.123 e. The number of hydrogen-bond acceptors (Lipinski definition) is 2. The molecule has 0 amide bonds. The summed E-state index contributed by atoms with van der Waals surface area (Å²) in [6, 6.07) is 9.23. The van der Waals surface area contributed by atoms with Crippen LogP contribution in [0.3, 0.4) is 0 Å². The SMILES string of the molecule is CCNC(Cc1cccc(F)c1)c1cc(Br)sc1C. The molecule has 0 radical (unpaired) electrons. The van der Waals surface area contributed by atoms with Crippen LogP contribution in [0.1, 0.15) is 29.0 Å². The van der Waals surface area contributed by atoms with Gasteiger partial charge in [-0.05, 0) is 65.1 Å². The molecule has 1 unspecified atom stereocenters. The summed E-state index contributed by atoms with van der Waals surface area (Å²) in [5, 5.41) is 3.48. The first kappa shape index (κ1) is 14.7. The Morgan fingerprint density at radius 3 is 2.74 bits per heavy atom. The molecule has 2 rings (SSSR count). The van der Waals surface area contributed by atoms with Crippen LogP contribution in [0.5, 0.6) is 0 Å². The van der Waals surface area contributed by atoms with Crippen LogP contribution in [0.25, 0.3) is 0 Å². The van der Waals surface area contributed by atoms with Crippen LogP contribution in [0, 0.1) is 12.7 Å². The smallest absolute Gasteiger partial charge is 0.123 e. The highest BCUT2D eigenvalue weighted by molar-refractivity contribution is 9.11. The van der Waals surface area contributed by atoms with Crippen molar-refractivity contribution in [3.05, 3.63) is 55.9 Å². The predicted octanol–water partition coefficient (Wildman–Crippen LogP) is 4.85. The third kappa shape index (κ3) is 3.88. The van der Waals surface area contributed by atoms with Crippen molar-refractivity contribution in [2.45, 2.75) is 26.3 Å². The summed E-state index contributed by atoms with van der Waals surface area (Å²) in [6.45, 7) is 5.11. The minimum Gasteiger partial charge on any atom is -0.310 e. The lowest BCUT2D eigenvalue weighted by Crippen LogP contribution is -2.23. The van der Waals surface area contributed by atoms with Gasteiger partial charge in [-0.25, -0.2) is 4.39 Å². The van der Waals surface area contributed by atoms with E-state index in [1.54, 1.807) is 23.5 Å². The molecular weight excluding hydrogens is 325 g/mol. The van der Waals surface area contributed by atoms with E-state index in [1.807, 2.05) is 6.07 Å². The lowest BCUT2D eigenvalue weighted by atomic mass is 9.99. The van der Waals surface area contributed by atoms with Crippen molar-refractivity contribution >= 4 is 27.3 Å². The average molecular weight is 342 g/mol. The first-order valence-electron chi connectivity index (χ1n) is 6.33. The minimum absolute atomic E-state index is 0.170. The topological polar surface area (TPSA) is 12.0 Å². The summed E-state index contributed by atoms with van der Waals surface area (Å²) < 4.78 is 14.4. The monoisotopic (exact) mass is 341 g/mol. The maximum absolute atomic E-state index is 13.3. The molecule has 0 aliphatic carbocycles. The highest BCUT2D eigenvalue weighted by Crippen LogP contribution is 2.32. The van der Waals surface area contributed by atoms with Crippen molar-refractivity contribution in [2.75, 3.05) is 6.54 Å². The quantitative estimate of drug-likeness (QED) is 0.819. The van der Waals surface area contributed by atoms with Gasteiger partial charge in [0, 0.05) is 10.9 Å². The van der Waals surface area contributed by atoms with E-state index in [9.17, 15) is 4.39 Å². The number of hydrogen-bond donors (Lipinski definition) is 1. The number of rotatable bonds is 5. The Kier molecular flexibility index (Phi) is 5.13. The zero-order valence-corrected chi connectivity index (χ0v) is 13.4. The van der Waals surface area contributed by atoms with E-state index in [1.165, 1.54) is 16.5 Å². The van der Waals surface area contributed by atoms with Crippen molar-refractivity contribution in [2.24, 2.45) is 0 Å². The molecule has 0 spiro atoms. The van der Waals surface area contributed by atoms with E-state index in [-0.39, 0.29) is 11.9 Å². The van der Waals surface area contributed by atoms with Crippen LogP contribution in [0.4, 0.5) is 4.39 Å². The van der Waals surface area contributed by atoms with Gasteiger partial charge in [-0.15, -0.1) is 11.3 Å². The summed E-state index contributed by atoms with van der Waals surface area (Å²) >= 11 is 5.27. The van der Waals surface area contributed by atoms with E-state index in [0.29, 0.717) is 0 Å². The van der Waals surface area contributed by atoms with Gasteiger partial charge >= 0.3 is 0 Å². The average Bonchev–Trinajstić information content (AvgIpc) is 2.68. The number of nitrogens with one attached hydrogen (secondary N) is 1. The van der Waals surface area contributed by atoms with Crippen LogP contribution < -0.4 is 5.32 Å². The molecule has 1 nitrogen and oxygen atoms in total.